The van der Waals surface area contributed by atoms with Crippen LogP contribution in [0.5, 0.6) is 0 Å². The Bertz CT molecular complexity index is 699. The van der Waals surface area contributed by atoms with Gasteiger partial charge in [0.1, 0.15) is 0 Å². The van der Waals surface area contributed by atoms with Gasteiger partial charge >= 0.3 is 0 Å². The molecular formula is C19H24BrN3O2. The monoisotopic (exact) mass is 405 g/mol. The molecule has 0 bridgehead atoms. The molecule has 25 heavy (non-hydrogen) atoms. The number of carbonyl (C=O) groups excluding carboxylic acids is 1. The molecule has 1 N–H and O–H groups in total. The van der Waals surface area contributed by atoms with E-state index >= 15 is 0 Å². The summed E-state index contributed by atoms with van der Waals surface area (Å²) in [6, 6.07) is 7.77. The average Bonchev–Trinajstić information content (AvgIpc) is 3.11. The topological polar surface area (TPSA) is 56.1 Å². The third-order valence-electron chi connectivity index (χ3n) is 4.69. The Balaban J connectivity index is 1.46. The molecule has 1 aromatic heterocycles. The summed E-state index contributed by atoms with van der Waals surface area (Å²) in [5, 5.41) is 7.16. The Morgan fingerprint density at radius 1 is 1.32 bits per heavy atom. The summed E-state index contributed by atoms with van der Waals surface area (Å²) in [5.41, 5.74) is 1.46. The zero-order chi connectivity index (χ0) is 17.6. The molecule has 1 aromatic carbocycles. The van der Waals surface area contributed by atoms with Gasteiger partial charge < -0.3 is 10.1 Å². The lowest BCUT2D eigenvalue weighted by Gasteiger charge is -2.28. The van der Waals surface area contributed by atoms with E-state index in [1.54, 1.807) is 17.1 Å². The largest absolute Gasteiger partial charge is 0.376 e. The van der Waals surface area contributed by atoms with Crippen LogP contribution in [0.3, 0.4) is 0 Å². The SMILES string of the molecule is C[C@H]1CCCC[C@H]1OCCNC(=O)c1cnn(-c2ccc(Br)cc2)c1. The Morgan fingerprint density at radius 3 is 2.84 bits per heavy atom. The van der Waals surface area contributed by atoms with Crippen LogP contribution in [0.1, 0.15) is 43.0 Å². The van der Waals surface area contributed by atoms with Crippen LogP contribution in [-0.2, 0) is 4.74 Å². The third kappa shape index (κ3) is 4.92. The van der Waals surface area contributed by atoms with Crippen molar-refractivity contribution in [3.63, 3.8) is 0 Å². The summed E-state index contributed by atoms with van der Waals surface area (Å²) < 4.78 is 8.63. The predicted molar refractivity (Wildman–Crippen MR) is 101 cm³/mol. The van der Waals surface area contributed by atoms with Crippen molar-refractivity contribution in [2.24, 2.45) is 5.92 Å². The molecule has 0 radical (unpaired) electrons. The number of ether oxygens (including phenoxy) is 1. The predicted octanol–water partition coefficient (Wildman–Crippen LogP) is 3.96. The van der Waals surface area contributed by atoms with Gasteiger partial charge in [0.05, 0.1) is 30.2 Å². The van der Waals surface area contributed by atoms with Gasteiger partial charge in [-0.3, -0.25) is 4.79 Å². The minimum atomic E-state index is -0.122. The minimum absolute atomic E-state index is 0.122. The van der Waals surface area contributed by atoms with E-state index in [9.17, 15) is 4.79 Å². The zero-order valence-corrected chi connectivity index (χ0v) is 16.0. The first-order valence-electron chi connectivity index (χ1n) is 8.84. The van der Waals surface area contributed by atoms with E-state index in [0.29, 0.717) is 30.7 Å². The highest BCUT2D eigenvalue weighted by molar-refractivity contribution is 9.10. The number of amides is 1. The van der Waals surface area contributed by atoms with Crippen LogP contribution in [0.15, 0.2) is 41.1 Å². The van der Waals surface area contributed by atoms with Gasteiger partial charge in [0.15, 0.2) is 0 Å². The van der Waals surface area contributed by atoms with Crippen LogP contribution in [0.4, 0.5) is 0 Å². The number of nitrogens with one attached hydrogen (secondary N) is 1. The highest BCUT2D eigenvalue weighted by Gasteiger charge is 2.21. The van der Waals surface area contributed by atoms with Crippen LogP contribution in [0, 0.1) is 5.92 Å². The maximum absolute atomic E-state index is 12.2. The molecule has 1 aliphatic carbocycles. The van der Waals surface area contributed by atoms with Crippen molar-refractivity contribution in [2.45, 2.75) is 38.7 Å². The Labute approximate surface area is 156 Å². The molecule has 5 nitrogen and oxygen atoms in total. The molecule has 0 unspecified atom stereocenters. The van der Waals surface area contributed by atoms with Gasteiger partial charge in [-0.25, -0.2) is 4.68 Å². The number of nitrogens with zero attached hydrogens (tertiary/aromatic N) is 2. The summed E-state index contributed by atoms with van der Waals surface area (Å²) in [6.45, 7) is 3.33. The molecule has 1 amide bonds. The first-order valence-corrected chi connectivity index (χ1v) is 9.63. The van der Waals surface area contributed by atoms with Crippen molar-refractivity contribution in [3.8, 4) is 5.69 Å². The van der Waals surface area contributed by atoms with Gasteiger partial charge in [-0.2, -0.15) is 5.10 Å². The van der Waals surface area contributed by atoms with Gasteiger partial charge in [-0.15, -0.1) is 0 Å². The van der Waals surface area contributed by atoms with Crippen molar-refractivity contribution < 1.29 is 9.53 Å². The fraction of sp³-hybridized carbons (Fsp3) is 0.474. The summed E-state index contributed by atoms with van der Waals surface area (Å²) in [5.74, 6) is 0.497. The molecule has 6 heteroatoms. The fourth-order valence-corrected chi connectivity index (χ4v) is 3.45. The zero-order valence-electron chi connectivity index (χ0n) is 14.5. The molecule has 2 atom stereocenters. The number of hydrogen-bond donors (Lipinski definition) is 1. The number of benzene rings is 1. The lowest BCUT2D eigenvalue weighted by atomic mass is 9.88. The Morgan fingerprint density at radius 2 is 2.08 bits per heavy atom. The molecule has 1 saturated carbocycles. The maximum Gasteiger partial charge on any atom is 0.254 e. The lowest BCUT2D eigenvalue weighted by Crippen LogP contribution is -2.31. The van der Waals surface area contributed by atoms with Gasteiger partial charge in [-0.05, 0) is 43.0 Å². The second kappa shape index (κ2) is 8.63. The molecule has 1 aliphatic rings. The van der Waals surface area contributed by atoms with Gasteiger partial charge in [0.2, 0.25) is 0 Å². The molecule has 1 fully saturated rings. The highest BCUT2D eigenvalue weighted by atomic mass is 79.9. The van der Waals surface area contributed by atoms with Crippen molar-refractivity contribution in [3.05, 3.63) is 46.7 Å². The normalized spacial score (nSPS) is 20.4. The first kappa shape index (κ1) is 18.1. The van der Waals surface area contributed by atoms with Gasteiger partial charge in [-0.1, -0.05) is 35.7 Å². The smallest absolute Gasteiger partial charge is 0.254 e. The van der Waals surface area contributed by atoms with Crippen molar-refractivity contribution in [1.82, 2.24) is 15.1 Å². The quantitative estimate of drug-likeness (QED) is 0.739. The fourth-order valence-electron chi connectivity index (χ4n) is 3.18. The molecule has 134 valence electrons. The number of halogens is 1. The summed E-state index contributed by atoms with van der Waals surface area (Å²) >= 11 is 3.41. The van der Waals surface area contributed by atoms with E-state index in [1.807, 2.05) is 24.3 Å². The summed E-state index contributed by atoms with van der Waals surface area (Å²) in [7, 11) is 0. The summed E-state index contributed by atoms with van der Waals surface area (Å²) in [4.78, 5) is 12.2. The van der Waals surface area contributed by atoms with E-state index in [4.69, 9.17) is 4.74 Å². The third-order valence-corrected chi connectivity index (χ3v) is 5.22. The van der Waals surface area contributed by atoms with Crippen molar-refractivity contribution >= 4 is 21.8 Å². The minimum Gasteiger partial charge on any atom is -0.376 e. The Kier molecular flexibility index (Phi) is 6.26. The van der Waals surface area contributed by atoms with E-state index in [1.165, 1.54) is 19.3 Å². The van der Waals surface area contributed by atoms with Gasteiger partial charge in [0.25, 0.3) is 5.91 Å². The van der Waals surface area contributed by atoms with E-state index in [2.05, 4.69) is 33.3 Å². The second-order valence-electron chi connectivity index (χ2n) is 6.58. The number of carbonyl (C=O) groups is 1. The summed E-state index contributed by atoms with van der Waals surface area (Å²) in [6.07, 6.45) is 8.59. The van der Waals surface area contributed by atoms with Crippen LogP contribution < -0.4 is 5.32 Å². The average molecular weight is 406 g/mol. The van der Waals surface area contributed by atoms with Crippen LogP contribution >= 0.6 is 15.9 Å². The van der Waals surface area contributed by atoms with Crippen LogP contribution in [0.25, 0.3) is 5.69 Å². The van der Waals surface area contributed by atoms with E-state index < -0.39 is 0 Å². The first-order chi connectivity index (χ1) is 12.1. The van der Waals surface area contributed by atoms with Crippen LogP contribution in [-0.4, -0.2) is 34.9 Å². The molecule has 0 aliphatic heterocycles. The van der Waals surface area contributed by atoms with E-state index in [-0.39, 0.29) is 5.91 Å². The lowest BCUT2D eigenvalue weighted by molar-refractivity contribution is -0.00293. The molecule has 2 aromatic rings. The Hall–Kier alpha value is -1.66. The van der Waals surface area contributed by atoms with Crippen molar-refractivity contribution in [1.29, 1.82) is 0 Å². The number of aromatic nitrogens is 2. The highest BCUT2D eigenvalue weighted by Crippen LogP contribution is 2.26. The van der Waals surface area contributed by atoms with E-state index in [0.717, 1.165) is 16.6 Å². The van der Waals surface area contributed by atoms with Gasteiger partial charge in [0, 0.05) is 17.2 Å². The standard InChI is InChI=1S/C19H24BrN3O2/c1-14-4-2-3-5-18(14)25-11-10-21-19(24)15-12-22-23(13-15)17-8-6-16(20)7-9-17/h6-9,12-14,18H,2-5,10-11H2,1H3,(H,21,24)/t14-,18+/m0/s1. The number of hydrogen-bond acceptors (Lipinski definition) is 3. The molecule has 1 heterocycles. The molecule has 0 spiro atoms. The van der Waals surface area contributed by atoms with Crippen LogP contribution in [0.2, 0.25) is 0 Å². The second-order valence-corrected chi connectivity index (χ2v) is 7.49. The molecule has 0 saturated heterocycles. The molecule has 3 rings (SSSR count). The maximum atomic E-state index is 12.2. The molecular weight excluding hydrogens is 382 g/mol. The van der Waals surface area contributed by atoms with Crippen molar-refractivity contribution in [2.75, 3.05) is 13.2 Å². The number of rotatable bonds is 6.